The molecule has 0 bridgehead atoms. The molecule has 86 valence electrons. The van der Waals surface area contributed by atoms with Gasteiger partial charge in [-0.25, -0.2) is 4.98 Å². The Kier molecular flexibility index (Phi) is 3.25. The normalized spacial score (nSPS) is 21.9. The molecule has 1 N–H and O–H groups in total. The highest BCUT2D eigenvalue weighted by atomic mass is 32.2. The predicted molar refractivity (Wildman–Crippen MR) is 58.6 cm³/mol. The maximum atomic E-state index is 12.0. The summed E-state index contributed by atoms with van der Waals surface area (Å²) in [5.41, 5.74) is -0.0784. The SMILES string of the molecule is O=[N+]([O-])c1ccc(S(=O)[C@@H]2CCNC2)nc1. The molecule has 1 fully saturated rings. The molecule has 16 heavy (non-hydrogen) atoms. The van der Waals surface area contributed by atoms with Gasteiger partial charge in [-0.2, -0.15) is 0 Å². The zero-order chi connectivity index (χ0) is 11.5. The molecule has 2 heterocycles. The molecule has 1 aliphatic rings. The van der Waals surface area contributed by atoms with Crippen molar-refractivity contribution in [2.75, 3.05) is 13.1 Å². The molecule has 2 rings (SSSR count). The van der Waals surface area contributed by atoms with Gasteiger partial charge < -0.3 is 5.32 Å². The molecule has 0 spiro atoms. The molecule has 6 nitrogen and oxygen atoms in total. The Balaban J connectivity index is 2.14. The van der Waals surface area contributed by atoms with Crippen LogP contribution in [0.5, 0.6) is 0 Å². The van der Waals surface area contributed by atoms with Crippen LogP contribution in [-0.4, -0.2) is 32.5 Å². The van der Waals surface area contributed by atoms with Crippen molar-refractivity contribution in [1.29, 1.82) is 0 Å². The molecule has 1 aliphatic heterocycles. The standard InChI is InChI=1S/C9H11N3O3S/c13-12(14)7-1-2-9(11-5-7)16(15)8-3-4-10-6-8/h1-2,5,8,10H,3-4,6H2/t8-,16?/m1/s1. The number of nitrogens with zero attached hydrogens (tertiary/aromatic N) is 2. The zero-order valence-electron chi connectivity index (χ0n) is 8.46. The first-order valence-corrected chi connectivity index (χ1v) is 6.11. The molecule has 0 radical (unpaired) electrons. The third kappa shape index (κ3) is 2.25. The van der Waals surface area contributed by atoms with E-state index >= 15 is 0 Å². The Morgan fingerprint density at radius 3 is 2.88 bits per heavy atom. The first-order valence-electron chi connectivity index (χ1n) is 4.90. The highest BCUT2D eigenvalue weighted by molar-refractivity contribution is 7.85. The summed E-state index contributed by atoms with van der Waals surface area (Å²) in [7, 11) is -1.18. The molecular formula is C9H11N3O3S. The van der Waals surface area contributed by atoms with Crippen molar-refractivity contribution >= 4 is 16.5 Å². The molecule has 1 saturated heterocycles. The van der Waals surface area contributed by atoms with Gasteiger partial charge in [-0.3, -0.25) is 14.3 Å². The molecule has 1 aromatic rings. The maximum absolute atomic E-state index is 12.0. The van der Waals surface area contributed by atoms with Gasteiger partial charge in [0.2, 0.25) is 0 Å². The van der Waals surface area contributed by atoms with Crippen molar-refractivity contribution in [2.24, 2.45) is 0 Å². The summed E-state index contributed by atoms with van der Waals surface area (Å²) in [4.78, 5) is 13.8. The lowest BCUT2D eigenvalue weighted by molar-refractivity contribution is -0.385. The first-order chi connectivity index (χ1) is 7.68. The number of pyridine rings is 1. The van der Waals surface area contributed by atoms with E-state index in [1.54, 1.807) is 0 Å². The third-order valence-corrected chi connectivity index (χ3v) is 4.12. The number of nitro groups is 1. The van der Waals surface area contributed by atoms with E-state index in [0.29, 0.717) is 11.6 Å². The van der Waals surface area contributed by atoms with Crippen LogP contribution in [0.2, 0.25) is 0 Å². The van der Waals surface area contributed by atoms with Crippen LogP contribution in [0.3, 0.4) is 0 Å². The topological polar surface area (TPSA) is 85.1 Å². The first kappa shape index (κ1) is 11.2. The average molecular weight is 241 g/mol. The quantitative estimate of drug-likeness (QED) is 0.613. The van der Waals surface area contributed by atoms with E-state index < -0.39 is 15.7 Å². The van der Waals surface area contributed by atoms with E-state index in [1.807, 2.05) is 0 Å². The van der Waals surface area contributed by atoms with E-state index in [-0.39, 0.29) is 10.9 Å². The van der Waals surface area contributed by atoms with Gasteiger partial charge in [0.15, 0.2) is 0 Å². The van der Waals surface area contributed by atoms with Crippen molar-refractivity contribution in [3.63, 3.8) is 0 Å². The summed E-state index contributed by atoms with van der Waals surface area (Å²) in [5.74, 6) is 0. The van der Waals surface area contributed by atoms with Crippen LogP contribution in [0.4, 0.5) is 5.69 Å². The van der Waals surface area contributed by atoms with Gasteiger partial charge in [0.25, 0.3) is 5.69 Å². The number of hydrogen-bond acceptors (Lipinski definition) is 5. The molecular weight excluding hydrogens is 230 g/mol. The van der Waals surface area contributed by atoms with Gasteiger partial charge >= 0.3 is 0 Å². The molecule has 7 heteroatoms. The van der Waals surface area contributed by atoms with E-state index in [9.17, 15) is 14.3 Å². The van der Waals surface area contributed by atoms with Crippen molar-refractivity contribution in [3.8, 4) is 0 Å². The highest BCUT2D eigenvalue weighted by Gasteiger charge is 2.23. The molecule has 1 unspecified atom stereocenters. The molecule has 0 aliphatic carbocycles. The minimum atomic E-state index is -1.18. The number of aromatic nitrogens is 1. The second-order valence-electron chi connectivity index (χ2n) is 3.52. The van der Waals surface area contributed by atoms with Gasteiger partial charge in [-0.1, -0.05) is 0 Å². The van der Waals surface area contributed by atoms with Crippen molar-refractivity contribution in [3.05, 3.63) is 28.4 Å². The van der Waals surface area contributed by atoms with Gasteiger partial charge in [0.05, 0.1) is 21.0 Å². The minimum absolute atomic E-state index is 0.0638. The molecule has 0 aromatic carbocycles. The van der Waals surface area contributed by atoms with E-state index in [1.165, 1.54) is 12.1 Å². The number of nitrogens with one attached hydrogen (secondary N) is 1. The Bertz CT molecular complexity index is 415. The van der Waals surface area contributed by atoms with Gasteiger partial charge in [0, 0.05) is 12.6 Å². The highest BCUT2D eigenvalue weighted by Crippen LogP contribution is 2.16. The van der Waals surface area contributed by atoms with Crippen LogP contribution < -0.4 is 5.32 Å². The Morgan fingerprint density at radius 2 is 2.38 bits per heavy atom. The van der Waals surface area contributed by atoms with Crippen molar-refractivity contribution in [1.82, 2.24) is 10.3 Å². The van der Waals surface area contributed by atoms with E-state index in [2.05, 4.69) is 10.3 Å². The van der Waals surface area contributed by atoms with E-state index in [0.717, 1.165) is 19.2 Å². The summed E-state index contributed by atoms with van der Waals surface area (Å²) in [5, 5.41) is 14.0. The van der Waals surface area contributed by atoms with Crippen molar-refractivity contribution in [2.45, 2.75) is 16.7 Å². The second-order valence-corrected chi connectivity index (χ2v) is 5.20. The third-order valence-electron chi connectivity index (χ3n) is 2.46. The largest absolute Gasteiger partial charge is 0.315 e. The molecule has 0 amide bonds. The second kappa shape index (κ2) is 4.67. The van der Waals surface area contributed by atoms with Gasteiger partial charge in [-0.05, 0) is 19.0 Å². The van der Waals surface area contributed by atoms with Crippen LogP contribution in [0.1, 0.15) is 6.42 Å². The van der Waals surface area contributed by atoms with Crippen LogP contribution in [0, 0.1) is 10.1 Å². The smallest absolute Gasteiger partial charge is 0.287 e. The van der Waals surface area contributed by atoms with Crippen molar-refractivity contribution < 1.29 is 9.13 Å². The lowest BCUT2D eigenvalue weighted by atomic mass is 10.4. The van der Waals surface area contributed by atoms with Crippen LogP contribution in [0.25, 0.3) is 0 Å². The predicted octanol–water partition coefficient (Wildman–Crippen LogP) is 0.459. The summed E-state index contributed by atoms with van der Waals surface area (Å²) < 4.78 is 12.0. The molecule has 2 atom stereocenters. The summed E-state index contributed by atoms with van der Waals surface area (Å²) in [6.07, 6.45) is 2.00. The maximum Gasteiger partial charge on any atom is 0.287 e. The Labute approximate surface area is 94.7 Å². The fraction of sp³-hybridized carbons (Fsp3) is 0.444. The fourth-order valence-electron chi connectivity index (χ4n) is 1.58. The lowest BCUT2D eigenvalue weighted by Gasteiger charge is -2.06. The molecule has 0 saturated carbocycles. The van der Waals surface area contributed by atoms with Crippen LogP contribution in [0.15, 0.2) is 23.4 Å². The van der Waals surface area contributed by atoms with E-state index in [4.69, 9.17) is 0 Å². The monoisotopic (exact) mass is 241 g/mol. The molecule has 1 aromatic heterocycles. The number of hydrogen-bond donors (Lipinski definition) is 1. The van der Waals surface area contributed by atoms with Gasteiger partial charge in [0.1, 0.15) is 11.2 Å². The van der Waals surface area contributed by atoms with Gasteiger partial charge in [-0.15, -0.1) is 0 Å². The summed E-state index contributed by atoms with van der Waals surface area (Å²) in [6.45, 7) is 1.58. The number of rotatable bonds is 3. The summed E-state index contributed by atoms with van der Waals surface area (Å²) in [6, 6.07) is 2.80. The Morgan fingerprint density at radius 1 is 1.56 bits per heavy atom. The fourth-order valence-corrected chi connectivity index (χ4v) is 2.88. The van der Waals surface area contributed by atoms with Crippen LogP contribution in [-0.2, 0) is 10.8 Å². The Hall–Kier alpha value is -1.34. The summed E-state index contributed by atoms with van der Waals surface area (Å²) >= 11 is 0. The zero-order valence-corrected chi connectivity index (χ0v) is 9.27. The van der Waals surface area contributed by atoms with Crippen LogP contribution >= 0.6 is 0 Å². The lowest BCUT2D eigenvalue weighted by Crippen LogP contribution is -2.19. The minimum Gasteiger partial charge on any atom is -0.315 e. The average Bonchev–Trinajstić information content (AvgIpc) is 2.81.